The van der Waals surface area contributed by atoms with E-state index >= 15 is 0 Å². The van der Waals surface area contributed by atoms with Crippen LogP contribution in [-0.2, 0) is 9.47 Å². The van der Waals surface area contributed by atoms with E-state index in [-0.39, 0.29) is 31.2 Å². The number of nitrogens with one attached hydrogen (secondary N) is 1. The van der Waals surface area contributed by atoms with E-state index in [2.05, 4.69) is 29.6 Å². The van der Waals surface area contributed by atoms with Crippen molar-refractivity contribution in [3.8, 4) is 0 Å². The third kappa shape index (κ3) is 3.77. The molecule has 0 bridgehead atoms. The lowest BCUT2D eigenvalue weighted by Gasteiger charge is -2.31. The van der Waals surface area contributed by atoms with Gasteiger partial charge in [-0.2, -0.15) is 0 Å². The van der Waals surface area contributed by atoms with Crippen molar-refractivity contribution in [3.05, 3.63) is 48.0 Å². The van der Waals surface area contributed by atoms with Crippen LogP contribution in [0.25, 0.3) is 10.8 Å². The van der Waals surface area contributed by atoms with Crippen LogP contribution in [0.3, 0.4) is 0 Å². The highest BCUT2D eigenvalue weighted by Crippen LogP contribution is 2.30. The molecule has 2 aromatic carbocycles. The van der Waals surface area contributed by atoms with Crippen LogP contribution >= 0.6 is 12.4 Å². The number of benzene rings is 2. The Hall–Kier alpha value is -1.17. The first-order valence-electron chi connectivity index (χ1n) is 7.42. The maximum Gasteiger partial charge on any atom is 0.111 e. The molecular formula is C17H22ClNO3. The molecule has 0 aliphatic carbocycles. The quantitative estimate of drug-likeness (QED) is 0.886. The van der Waals surface area contributed by atoms with Crippen molar-refractivity contribution < 1.29 is 14.6 Å². The van der Waals surface area contributed by atoms with Crippen molar-refractivity contribution in [1.82, 2.24) is 5.32 Å². The Morgan fingerprint density at radius 3 is 2.82 bits per heavy atom. The van der Waals surface area contributed by atoms with E-state index in [1.165, 1.54) is 10.8 Å². The highest BCUT2D eigenvalue weighted by atomic mass is 35.5. The molecule has 22 heavy (non-hydrogen) atoms. The van der Waals surface area contributed by atoms with Crippen LogP contribution in [0.2, 0.25) is 0 Å². The van der Waals surface area contributed by atoms with E-state index in [1.807, 2.05) is 18.2 Å². The first-order chi connectivity index (χ1) is 10.4. The lowest BCUT2D eigenvalue weighted by molar-refractivity contribution is -0.0911. The molecule has 2 N–H and O–H groups in total. The number of halogens is 1. The zero-order chi connectivity index (χ0) is 14.5. The molecule has 5 heteroatoms. The molecule has 2 aromatic rings. The number of aliphatic hydroxyl groups is 1. The molecule has 1 fully saturated rings. The standard InChI is InChI=1S/C17H21NO3.ClH/c19-9-11-21-17(16-12-18-8-10-20-16)15-7-3-5-13-4-1-2-6-14(13)15;/h1-7,16-19H,8-12H2;1H. The summed E-state index contributed by atoms with van der Waals surface area (Å²) >= 11 is 0. The number of aliphatic hydroxyl groups excluding tert-OH is 1. The van der Waals surface area contributed by atoms with Gasteiger partial charge in [-0.15, -0.1) is 12.4 Å². The van der Waals surface area contributed by atoms with E-state index in [0.29, 0.717) is 13.2 Å². The highest BCUT2D eigenvalue weighted by Gasteiger charge is 2.27. The lowest BCUT2D eigenvalue weighted by Crippen LogP contribution is -2.42. The summed E-state index contributed by atoms with van der Waals surface area (Å²) in [5.41, 5.74) is 1.12. The molecule has 4 nitrogen and oxygen atoms in total. The molecule has 0 spiro atoms. The van der Waals surface area contributed by atoms with Gasteiger partial charge in [-0.3, -0.25) is 0 Å². The minimum Gasteiger partial charge on any atom is -0.394 e. The number of ether oxygens (including phenoxy) is 2. The van der Waals surface area contributed by atoms with Gasteiger partial charge >= 0.3 is 0 Å². The Morgan fingerprint density at radius 2 is 2.05 bits per heavy atom. The Labute approximate surface area is 136 Å². The summed E-state index contributed by atoms with van der Waals surface area (Å²) in [6.07, 6.45) is -0.202. The number of morpholine rings is 1. The third-order valence-electron chi connectivity index (χ3n) is 3.81. The van der Waals surface area contributed by atoms with Gasteiger partial charge in [0.15, 0.2) is 0 Å². The van der Waals surface area contributed by atoms with Crippen molar-refractivity contribution in [1.29, 1.82) is 0 Å². The van der Waals surface area contributed by atoms with Crippen LogP contribution in [0.1, 0.15) is 11.7 Å². The Bertz CT molecular complexity index is 582. The van der Waals surface area contributed by atoms with E-state index in [9.17, 15) is 0 Å². The van der Waals surface area contributed by atoms with Crippen LogP contribution in [0.5, 0.6) is 0 Å². The maximum absolute atomic E-state index is 9.09. The smallest absolute Gasteiger partial charge is 0.111 e. The van der Waals surface area contributed by atoms with Crippen molar-refractivity contribution in [3.63, 3.8) is 0 Å². The summed E-state index contributed by atoms with van der Waals surface area (Å²) in [5, 5.41) is 14.8. The number of rotatable bonds is 5. The maximum atomic E-state index is 9.09. The van der Waals surface area contributed by atoms with E-state index in [4.69, 9.17) is 14.6 Å². The van der Waals surface area contributed by atoms with Crippen LogP contribution in [0, 0.1) is 0 Å². The van der Waals surface area contributed by atoms with Gasteiger partial charge in [-0.05, 0) is 16.3 Å². The van der Waals surface area contributed by atoms with Crippen LogP contribution in [-0.4, -0.2) is 44.1 Å². The summed E-state index contributed by atoms with van der Waals surface area (Å²) in [6.45, 7) is 2.65. The van der Waals surface area contributed by atoms with Gasteiger partial charge < -0.3 is 19.9 Å². The largest absolute Gasteiger partial charge is 0.394 e. The molecule has 0 radical (unpaired) electrons. The molecular weight excluding hydrogens is 302 g/mol. The summed E-state index contributed by atoms with van der Waals surface area (Å²) in [6, 6.07) is 14.5. The monoisotopic (exact) mass is 323 g/mol. The molecule has 2 unspecified atom stereocenters. The number of hydrogen-bond donors (Lipinski definition) is 2. The van der Waals surface area contributed by atoms with Gasteiger partial charge in [0, 0.05) is 13.1 Å². The van der Waals surface area contributed by atoms with Gasteiger partial charge in [0.05, 0.1) is 19.8 Å². The molecule has 1 aliphatic rings. The first-order valence-corrected chi connectivity index (χ1v) is 7.42. The van der Waals surface area contributed by atoms with Gasteiger partial charge in [-0.25, -0.2) is 0 Å². The van der Waals surface area contributed by atoms with Crippen LogP contribution in [0.4, 0.5) is 0 Å². The fraction of sp³-hybridized carbons (Fsp3) is 0.412. The Morgan fingerprint density at radius 1 is 1.23 bits per heavy atom. The van der Waals surface area contributed by atoms with Gasteiger partial charge in [0.2, 0.25) is 0 Å². The van der Waals surface area contributed by atoms with Crippen molar-refractivity contribution in [2.45, 2.75) is 12.2 Å². The normalized spacial score (nSPS) is 19.6. The van der Waals surface area contributed by atoms with E-state index < -0.39 is 0 Å². The summed E-state index contributed by atoms with van der Waals surface area (Å²) in [4.78, 5) is 0. The topological polar surface area (TPSA) is 50.7 Å². The van der Waals surface area contributed by atoms with E-state index in [1.54, 1.807) is 0 Å². The zero-order valence-electron chi connectivity index (χ0n) is 12.4. The number of fused-ring (bicyclic) bond motifs is 1. The third-order valence-corrected chi connectivity index (χ3v) is 3.81. The molecule has 1 saturated heterocycles. The Balaban J connectivity index is 0.00000176. The summed E-state index contributed by atoms with van der Waals surface area (Å²) in [5.74, 6) is 0. The van der Waals surface area contributed by atoms with Gasteiger partial charge in [-0.1, -0.05) is 42.5 Å². The van der Waals surface area contributed by atoms with Crippen LogP contribution < -0.4 is 5.32 Å². The van der Waals surface area contributed by atoms with Crippen molar-refractivity contribution in [2.24, 2.45) is 0 Å². The minimum atomic E-state index is -0.170. The number of hydrogen-bond acceptors (Lipinski definition) is 4. The molecule has 1 aliphatic heterocycles. The summed E-state index contributed by atoms with van der Waals surface area (Å²) < 4.78 is 11.8. The van der Waals surface area contributed by atoms with E-state index in [0.717, 1.165) is 18.7 Å². The zero-order valence-corrected chi connectivity index (χ0v) is 13.2. The molecule has 1 heterocycles. The molecule has 0 amide bonds. The second kappa shape index (κ2) is 8.46. The highest BCUT2D eigenvalue weighted by molar-refractivity contribution is 5.86. The van der Waals surface area contributed by atoms with Crippen LogP contribution in [0.15, 0.2) is 42.5 Å². The average molecular weight is 324 g/mol. The SMILES string of the molecule is Cl.OCCOC(c1cccc2ccccc12)C1CNCCO1. The molecule has 0 saturated carbocycles. The van der Waals surface area contributed by atoms with Gasteiger partial charge in [0.25, 0.3) is 0 Å². The first kappa shape index (κ1) is 17.2. The fourth-order valence-electron chi connectivity index (χ4n) is 2.86. The molecule has 2 atom stereocenters. The molecule has 0 aromatic heterocycles. The second-order valence-corrected chi connectivity index (χ2v) is 5.20. The van der Waals surface area contributed by atoms with Crippen molar-refractivity contribution in [2.75, 3.05) is 32.9 Å². The average Bonchev–Trinajstić information content (AvgIpc) is 2.56. The minimum absolute atomic E-state index is 0. The predicted molar refractivity (Wildman–Crippen MR) is 89.6 cm³/mol. The predicted octanol–water partition coefficient (Wildman–Crippen LogP) is 2.30. The molecule has 120 valence electrons. The summed E-state index contributed by atoms with van der Waals surface area (Å²) in [7, 11) is 0. The molecule has 3 rings (SSSR count). The lowest BCUT2D eigenvalue weighted by atomic mass is 9.96. The van der Waals surface area contributed by atoms with Gasteiger partial charge in [0.1, 0.15) is 12.2 Å². The fourth-order valence-corrected chi connectivity index (χ4v) is 2.86. The van der Waals surface area contributed by atoms with Crippen molar-refractivity contribution >= 4 is 23.2 Å². The second-order valence-electron chi connectivity index (χ2n) is 5.20. The Kier molecular flexibility index (Phi) is 6.61.